The van der Waals surface area contributed by atoms with E-state index < -0.39 is 17.6 Å². The molecule has 1 amide bonds. The van der Waals surface area contributed by atoms with Gasteiger partial charge in [-0.15, -0.1) is 0 Å². The first-order valence-corrected chi connectivity index (χ1v) is 10.3. The van der Waals surface area contributed by atoms with Crippen LogP contribution in [0.2, 0.25) is 5.02 Å². The van der Waals surface area contributed by atoms with Crippen molar-refractivity contribution in [3.63, 3.8) is 0 Å². The van der Waals surface area contributed by atoms with Crippen LogP contribution < -0.4 is 5.43 Å². The SMILES string of the molecule is Cc1nc2ccc(Cl)cn2c1C(=O)N/N=C\c1cc(C)n(-c2ccccc2C(F)(F)F)c1C. The molecule has 0 fully saturated rings. The molecule has 0 unspecified atom stereocenters. The molecule has 10 heteroatoms. The number of pyridine rings is 1. The smallest absolute Gasteiger partial charge is 0.317 e. The maximum absolute atomic E-state index is 13.5. The minimum absolute atomic E-state index is 0.0296. The highest BCUT2D eigenvalue weighted by Gasteiger charge is 2.34. The van der Waals surface area contributed by atoms with Crippen molar-refractivity contribution < 1.29 is 18.0 Å². The highest BCUT2D eigenvalue weighted by atomic mass is 35.5. The predicted molar refractivity (Wildman–Crippen MR) is 120 cm³/mol. The second-order valence-corrected chi connectivity index (χ2v) is 7.93. The molecule has 3 heterocycles. The van der Waals surface area contributed by atoms with Crippen LogP contribution in [-0.4, -0.2) is 26.1 Å². The summed E-state index contributed by atoms with van der Waals surface area (Å²) in [6.45, 7) is 5.10. The van der Waals surface area contributed by atoms with Crippen LogP contribution in [-0.2, 0) is 6.18 Å². The lowest BCUT2D eigenvalue weighted by Gasteiger charge is -2.16. The Balaban J connectivity index is 1.62. The Kier molecular flexibility index (Phi) is 5.75. The zero-order valence-electron chi connectivity index (χ0n) is 17.9. The number of halogens is 4. The zero-order chi connectivity index (χ0) is 23.9. The third kappa shape index (κ3) is 4.23. The molecular formula is C23H19ClF3N5O. The Hall–Kier alpha value is -3.59. The molecule has 1 aromatic carbocycles. The minimum atomic E-state index is -4.49. The summed E-state index contributed by atoms with van der Waals surface area (Å²) in [7, 11) is 0. The fourth-order valence-corrected chi connectivity index (χ4v) is 3.98. The maximum atomic E-state index is 13.5. The number of alkyl halides is 3. The lowest BCUT2D eigenvalue weighted by atomic mass is 10.1. The summed E-state index contributed by atoms with van der Waals surface area (Å²) in [6, 6.07) is 10.5. The molecule has 0 aliphatic heterocycles. The molecular weight excluding hydrogens is 455 g/mol. The van der Waals surface area contributed by atoms with Crippen molar-refractivity contribution in [3.8, 4) is 5.69 Å². The number of benzene rings is 1. The van der Waals surface area contributed by atoms with E-state index in [0.717, 1.165) is 6.07 Å². The van der Waals surface area contributed by atoms with Gasteiger partial charge in [0.05, 0.1) is 28.2 Å². The highest BCUT2D eigenvalue weighted by molar-refractivity contribution is 6.30. The van der Waals surface area contributed by atoms with Gasteiger partial charge in [0.1, 0.15) is 11.3 Å². The van der Waals surface area contributed by atoms with E-state index in [1.54, 1.807) is 55.6 Å². The highest BCUT2D eigenvalue weighted by Crippen LogP contribution is 2.35. The predicted octanol–water partition coefficient (Wildman–Crippen LogP) is 5.49. The summed E-state index contributed by atoms with van der Waals surface area (Å²) in [5.41, 5.74) is 4.84. The van der Waals surface area contributed by atoms with E-state index in [1.165, 1.54) is 22.9 Å². The van der Waals surface area contributed by atoms with Gasteiger partial charge in [0.2, 0.25) is 0 Å². The number of aryl methyl sites for hydroxylation is 2. The minimum Gasteiger partial charge on any atom is -0.317 e. The molecule has 4 rings (SSSR count). The van der Waals surface area contributed by atoms with Crippen LogP contribution in [0.15, 0.2) is 53.8 Å². The first-order valence-electron chi connectivity index (χ1n) is 9.91. The normalized spacial score (nSPS) is 12.1. The fraction of sp³-hybridized carbons (Fsp3) is 0.174. The Labute approximate surface area is 192 Å². The van der Waals surface area contributed by atoms with Crippen molar-refractivity contribution in [3.05, 3.63) is 87.6 Å². The van der Waals surface area contributed by atoms with E-state index in [0.29, 0.717) is 33.3 Å². The molecule has 0 saturated carbocycles. The van der Waals surface area contributed by atoms with Gasteiger partial charge in [0.25, 0.3) is 5.91 Å². The van der Waals surface area contributed by atoms with Crippen LogP contribution in [0.5, 0.6) is 0 Å². The van der Waals surface area contributed by atoms with Crippen LogP contribution in [0.4, 0.5) is 13.2 Å². The van der Waals surface area contributed by atoms with Gasteiger partial charge in [-0.2, -0.15) is 18.3 Å². The molecule has 170 valence electrons. The molecule has 0 spiro atoms. The van der Waals surface area contributed by atoms with Crippen molar-refractivity contribution in [1.29, 1.82) is 0 Å². The number of carbonyl (C=O) groups excluding carboxylic acids is 1. The summed E-state index contributed by atoms with van der Waals surface area (Å²) in [5, 5.41) is 4.46. The molecule has 0 aliphatic rings. The van der Waals surface area contributed by atoms with E-state index in [4.69, 9.17) is 11.6 Å². The number of para-hydroxylation sites is 1. The van der Waals surface area contributed by atoms with E-state index in [9.17, 15) is 18.0 Å². The van der Waals surface area contributed by atoms with Crippen molar-refractivity contribution >= 4 is 29.4 Å². The van der Waals surface area contributed by atoms with E-state index in [2.05, 4.69) is 15.5 Å². The van der Waals surface area contributed by atoms with Gasteiger partial charge < -0.3 is 4.57 Å². The third-order valence-corrected chi connectivity index (χ3v) is 5.49. The quantitative estimate of drug-likeness (QED) is 0.315. The second-order valence-electron chi connectivity index (χ2n) is 7.50. The number of hydrogen-bond acceptors (Lipinski definition) is 3. The number of hydrazone groups is 1. The maximum Gasteiger partial charge on any atom is 0.418 e. The number of nitrogens with zero attached hydrogens (tertiary/aromatic N) is 4. The number of hydrogen-bond donors (Lipinski definition) is 1. The van der Waals surface area contributed by atoms with Gasteiger partial charge in [-0.3, -0.25) is 9.20 Å². The Morgan fingerprint density at radius 2 is 1.88 bits per heavy atom. The van der Waals surface area contributed by atoms with E-state index in [-0.39, 0.29) is 11.4 Å². The number of amides is 1. The Morgan fingerprint density at radius 3 is 2.61 bits per heavy atom. The standard InChI is InChI=1S/C23H19ClF3N5O/c1-13-10-16(15(3)32(13)19-7-5-4-6-18(19)23(25,26)27)11-28-30-22(33)21-14(2)29-20-9-8-17(24)12-31(20)21/h4-12H,1-3H3,(H,30,33)/b28-11-. The molecule has 0 bridgehead atoms. The molecule has 33 heavy (non-hydrogen) atoms. The summed E-state index contributed by atoms with van der Waals surface area (Å²) in [6.07, 6.45) is -1.50. The first kappa shape index (κ1) is 22.6. The first-order chi connectivity index (χ1) is 15.6. The van der Waals surface area contributed by atoms with Crippen molar-refractivity contribution in [2.45, 2.75) is 26.9 Å². The third-order valence-electron chi connectivity index (χ3n) is 5.26. The number of carbonyl (C=O) groups is 1. The van der Waals surface area contributed by atoms with Crippen molar-refractivity contribution in [2.75, 3.05) is 0 Å². The molecule has 0 radical (unpaired) electrons. The number of imidazole rings is 1. The molecule has 0 saturated heterocycles. The Morgan fingerprint density at radius 1 is 1.15 bits per heavy atom. The number of rotatable bonds is 4. The van der Waals surface area contributed by atoms with Crippen LogP contribution in [0, 0.1) is 20.8 Å². The van der Waals surface area contributed by atoms with Gasteiger partial charge in [-0.05, 0) is 51.1 Å². The zero-order valence-corrected chi connectivity index (χ0v) is 18.7. The average molecular weight is 474 g/mol. The number of nitrogens with one attached hydrogen (secondary N) is 1. The second kappa shape index (κ2) is 8.40. The van der Waals surface area contributed by atoms with Crippen LogP contribution in [0.3, 0.4) is 0 Å². The van der Waals surface area contributed by atoms with E-state index in [1.807, 2.05) is 0 Å². The van der Waals surface area contributed by atoms with Crippen molar-refractivity contribution in [1.82, 2.24) is 19.4 Å². The van der Waals surface area contributed by atoms with E-state index >= 15 is 0 Å². The van der Waals surface area contributed by atoms with Gasteiger partial charge in [0, 0.05) is 23.1 Å². The fourth-order valence-electron chi connectivity index (χ4n) is 3.82. The van der Waals surface area contributed by atoms with Crippen molar-refractivity contribution in [2.24, 2.45) is 5.10 Å². The monoisotopic (exact) mass is 473 g/mol. The molecule has 1 N–H and O–H groups in total. The van der Waals surface area contributed by atoms with Gasteiger partial charge >= 0.3 is 6.18 Å². The van der Waals surface area contributed by atoms with Gasteiger partial charge in [0.15, 0.2) is 0 Å². The Bertz CT molecular complexity index is 1400. The topological polar surface area (TPSA) is 63.7 Å². The number of aromatic nitrogens is 3. The summed E-state index contributed by atoms with van der Waals surface area (Å²) >= 11 is 6.03. The van der Waals surface area contributed by atoms with Crippen LogP contribution in [0.25, 0.3) is 11.3 Å². The van der Waals surface area contributed by atoms with Gasteiger partial charge in [-0.1, -0.05) is 23.7 Å². The van der Waals surface area contributed by atoms with Crippen LogP contribution in [0.1, 0.15) is 38.7 Å². The molecule has 6 nitrogen and oxygen atoms in total. The summed E-state index contributed by atoms with van der Waals surface area (Å²) in [4.78, 5) is 17.0. The molecule has 3 aromatic heterocycles. The lowest BCUT2D eigenvalue weighted by Crippen LogP contribution is -2.20. The molecule has 0 atom stereocenters. The van der Waals surface area contributed by atoms with Gasteiger partial charge in [-0.25, -0.2) is 10.4 Å². The number of fused-ring (bicyclic) bond motifs is 1. The molecule has 0 aliphatic carbocycles. The summed E-state index contributed by atoms with van der Waals surface area (Å²) < 4.78 is 43.6. The molecule has 4 aromatic rings. The average Bonchev–Trinajstić information content (AvgIpc) is 3.21. The van der Waals surface area contributed by atoms with Crippen LogP contribution >= 0.6 is 11.6 Å². The largest absolute Gasteiger partial charge is 0.418 e. The lowest BCUT2D eigenvalue weighted by molar-refractivity contribution is -0.137. The summed E-state index contributed by atoms with van der Waals surface area (Å²) in [5.74, 6) is -0.491.